The van der Waals surface area contributed by atoms with Gasteiger partial charge < -0.3 is 29.7 Å². The monoisotopic (exact) mass is 233 g/mol. The van der Waals surface area contributed by atoms with Crippen molar-refractivity contribution in [1.29, 1.82) is 0 Å². The summed E-state index contributed by atoms with van der Waals surface area (Å²) in [4.78, 5) is 2.00. The van der Waals surface area contributed by atoms with Gasteiger partial charge in [-0.3, -0.25) is 0 Å². The van der Waals surface area contributed by atoms with Crippen LogP contribution >= 0.6 is 12.2 Å². The Labute approximate surface area is 119 Å². The summed E-state index contributed by atoms with van der Waals surface area (Å²) in [5.74, 6) is 0. The molecule has 1 aromatic carbocycles. The maximum absolute atomic E-state index is 4.96. The van der Waals surface area contributed by atoms with E-state index in [1.807, 2.05) is 23.1 Å². The van der Waals surface area contributed by atoms with Crippen molar-refractivity contribution in [2.45, 2.75) is 13.5 Å². The van der Waals surface area contributed by atoms with E-state index in [1.54, 1.807) is 0 Å². The van der Waals surface area contributed by atoms with Crippen molar-refractivity contribution in [2.24, 2.45) is 0 Å². The van der Waals surface area contributed by atoms with Gasteiger partial charge in [-0.25, -0.2) is 0 Å². The number of benzene rings is 1. The van der Waals surface area contributed by atoms with Gasteiger partial charge in [-0.15, -0.1) is 0 Å². The van der Waals surface area contributed by atoms with Gasteiger partial charge in [-0.05, 0) is 12.5 Å². The van der Waals surface area contributed by atoms with Crippen LogP contribution in [0.3, 0.4) is 0 Å². The zero-order valence-corrected chi connectivity index (χ0v) is 12.2. The molecular formula is C10H12NNaS2. The molecule has 4 heteroatoms. The van der Waals surface area contributed by atoms with E-state index in [4.69, 9.17) is 24.8 Å². The fraction of sp³-hybridized carbons (Fsp3) is 0.300. The van der Waals surface area contributed by atoms with Crippen molar-refractivity contribution in [3.63, 3.8) is 0 Å². The van der Waals surface area contributed by atoms with Crippen molar-refractivity contribution < 1.29 is 29.6 Å². The van der Waals surface area contributed by atoms with Gasteiger partial charge in [0.05, 0.1) is 0 Å². The fourth-order valence-corrected chi connectivity index (χ4v) is 1.50. The van der Waals surface area contributed by atoms with Crippen LogP contribution in [0.2, 0.25) is 0 Å². The number of hydrogen-bond acceptors (Lipinski definition) is 2. The molecule has 0 aromatic heterocycles. The van der Waals surface area contributed by atoms with E-state index >= 15 is 0 Å². The Morgan fingerprint density at radius 1 is 1.36 bits per heavy atom. The molecule has 0 saturated carbocycles. The molecule has 1 aromatic rings. The van der Waals surface area contributed by atoms with E-state index in [0.29, 0.717) is 4.32 Å². The molecule has 0 radical (unpaired) electrons. The molecule has 1 nitrogen and oxygen atoms in total. The number of thiocarbonyl (C=S) groups is 1. The minimum absolute atomic E-state index is 0. The van der Waals surface area contributed by atoms with Gasteiger partial charge >= 0.3 is 29.6 Å². The topological polar surface area (TPSA) is 3.24 Å². The van der Waals surface area contributed by atoms with E-state index in [9.17, 15) is 0 Å². The van der Waals surface area contributed by atoms with Gasteiger partial charge in [0.2, 0.25) is 0 Å². The smallest absolute Gasteiger partial charge is 0.411 e. The molecule has 0 aliphatic heterocycles. The predicted octanol–water partition coefficient (Wildman–Crippen LogP) is -0.656. The third kappa shape index (κ3) is 4.71. The maximum atomic E-state index is 4.96. The third-order valence-corrected chi connectivity index (χ3v) is 2.37. The first-order valence-corrected chi connectivity index (χ1v) is 5.05. The second-order valence-corrected chi connectivity index (χ2v) is 3.80. The van der Waals surface area contributed by atoms with Crippen LogP contribution in [0.4, 0.5) is 0 Å². The summed E-state index contributed by atoms with van der Waals surface area (Å²) >= 11 is 9.91. The van der Waals surface area contributed by atoms with Crippen LogP contribution in [-0.2, 0) is 19.2 Å². The van der Waals surface area contributed by atoms with Crippen LogP contribution in [0.5, 0.6) is 0 Å². The van der Waals surface area contributed by atoms with Crippen LogP contribution in [0.1, 0.15) is 12.5 Å². The van der Waals surface area contributed by atoms with Crippen molar-refractivity contribution in [1.82, 2.24) is 4.90 Å². The van der Waals surface area contributed by atoms with E-state index in [-0.39, 0.29) is 29.6 Å². The van der Waals surface area contributed by atoms with Crippen molar-refractivity contribution >= 4 is 29.2 Å². The van der Waals surface area contributed by atoms with Gasteiger partial charge in [0.25, 0.3) is 0 Å². The molecule has 0 N–H and O–H groups in total. The van der Waals surface area contributed by atoms with Crippen molar-refractivity contribution in [3.05, 3.63) is 35.9 Å². The largest absolute Gasteiger partial charge is 1.00 e. The van der Waals surface area contributed by atoms with Gasteiger partial charge in [-0.1, -0.05) is 34.7 Å². The first-order valence-electron chi connectivity index (χ1n) is 4.24. The summed E-state index contributed by atoms with van der Waals surface area (Å²) in [6, 6.07) is 10.2. The fourth-order valence-electron chi connectivity index (χ4n) is 1.11. The second kappa shape index (κ2) is 7.60. The summed E-state index contributed by atoms with van der Waals surface area (Å²) in [6.07, 6.45) is 0. The molecule has 70 valence electrons. The second-order valence-electron chi connectivity index (χ2n) is 2.77. The molecule has 0 amide bonds. The first-order chi connectivity index (χ1) is 6.24. The molecule has 1 rings (SSSR count). The molecule has 0 bridgehead atoms. The minimum Gasteiger partial charge on any atom is -0.411 e. The first kappa shape index (κ1) is 14.3. The zero-order chi connectivity index (χ0) is 9.68. The molecule has 0 heterocycles. The van der Waals surface area contributed by atoms with Crippen molar-refractivity contribution in [3.8, 4) is 0 Å². The average molecular weight is 233 g/mol. The molecule has 0 unspecified atom stereocenters. The number of nitrogens with zero attached hydrogens (tertiary/aromatic N) is 1. The normalized spacial score (nSPS) is 8.93. The summed E-state index contributed by atoms with van der Waals surface area (Å²) in [5.41, 5.74) is 1.25. The standard InChI is InChI=1S/C10H13NS2.Na/c1-2-11(10(12)13)8-9-6-4-3-5-7-9;/h3-7H,2,8H2,1H3,(H,12,13);/q;+1/p-1. The predicted molar refractivity (Wildman–Crippen MR) is 62.5 cm³/mol. The SMILES string of the molecule is CCN(Cc1ccccc1)C(=S)[S-].[Na+]. The molecule has 0 fully saturated rings. The summed E-state index contributed by atoms with van der Waals surface area (Å²) in [6.45, 7) is 3.75. The number of rotatable bonds is 3. The van der Waals surface area contributed by atoms with Gasteiger partial charge in [0.15, 0.2) is 0 Å². The Balaban J connectivity index is 0.00000169. The molecular weight excluding hydrogens is 221 g/mol. The van der Waals surface area contributed by atoms with Gasteiger partial charge in [-0.2, -0.15) is 0 Å². The molecule has 0 atom stereocenters. The van der Waals surface area contributed by atoms with Crippen LogP contribution in [0.25, 0.3) is 0 Å². The summed E-state index contributed by atoms with van der Waals surface area (Å²) < 4.78 is 0.548. The zero-order valence-electron chi connectivity index (χ0n) is 8.56. The average Bonchev–Trinajstić information content (AvgIpc) is 2.15. The molecule has 0 aliphatic carbocycles. The van der Waals surface area contributed by atoms with Crippen LogP contribution < -0.4 is 29.6 Å². The van der Waals surface area contributed by atoms with Gasteiger partial charge in [0, 0.05) is 13.1 Å². The van der Waals surface area contributed by atoms with Crippen LogP contribution in [0.15, 0.2) is 30.3 Å². The quantitative estimate of drug-likeness (QED) is 0.388. The molecule has 0 aliphatic rings. The van der Waals surface area contributed by atoms with E-state index < -0.39 is 0 Å². The Morgan fingerprint density at radius 2 is 1.93 bits per heavy atom. The van der Waals surface area contributed by atoms with Gasteiger partial charge in [0.1, 0.15) is 0 Å². The Bertz CT molecular complexity index is 277. The molecule has 0 spiro atoms. The Kier molecular flexibility index (Phi) is 7.78. The Morgan fingerprint density at radius 3 is 2.36 bits per heavy atom. The van der Waals surface area contributed by atoms with Crippen LogP contribution in [-0.4, -0.2) is 15.8 Å². The molecule has 14 heavy (non-hydrogen) atoms. The van der Waals surface area contributed by atoms with Crippen LogP contribution in [0, 0.1) is 0 Å². The van der Waals surface area contributed by atoms with E-state index in [2.05, 4.69) is 19.1 Å². The minimum atomic E-state index is 0. The van der Waals surface area contributed by atoms with E-state index in [0.717, 1.165) is 13.1 Å². The summed E-state index contributed by atoms with van der Waals surface area (Å²) in [5, 5.41) is 0. The molecule has 0 saturated heterocycles. The Hall–Kier alpha value is 0.330. The van der Waals surface area contributed by atoms with E-state index in [1.165, 1.54) is 5.56 Å². The maximum Gasteiger partial charge on any atom is 1.00 e. The van der Waals surface area contributed by atoms with Crippen molar-refractivity contribution in [2.75, 3.05) is 6.54 Å². The summed E-state index contributed by atoms with van der Waals surface area (Å²) in [7, 11) is 0. The third-order valence-electron chi connectivity index (χ3n) is 1.86. The number of hydrogen-bond donors (Lipinski definition) is 0.